The van der Waals surface area contributed by atoms with Crippen LogP contribution in [0.3, 0.4) is 0 Å². The third kappa shape index (κ3) is 5.32. The number of carbonyl (C=O) groups excluding carboxylic acids is 1. The van der Waals surface area contributed by atoms with E-state index in [9.17, 15) is 4.79 Å². The average Bonchev–Trinajstić information content (AvgIpc) is 3.36. The van der Waals surface area contributed by atoms with E-state index in [0.29, 0.717) is 13.0 Å². The first-order valence-corrected chi connectivity index (χ1v) is 10.3. The van der Waals surface area contributed by atoms with Crippen molar-refractivity contribution < 1.29 is 9.53 Å². The van der Waals surface area contributed by atoms with Crippen molar-refractivity contribution in [2.24, 2.45) is 0 Å². The molecule has 0 radical (unpaired) electrons. The lowest BCUT2D eigenvalue weighted by atomic mass is 10.0. The lowest BCUT2D eigenvalue weighted by Crippen LogP contribution is -2.36. The smallest absolute Gasteiger partial charge is 0.220 e. The first-order chi connectivity index (χ1) is 12.8. The summed E-state index contributed by atoms with van der Waals surface area (Å²) in [5.41, 5.74) is 1.21. The summed E-state index contributed by atoms with van der Waals surface area (Å²) in [5, 5.41) is 5.25. The zero-order valence-corrected chi connectivity index (χ0v) is 16.3. The van der Waals surface area contributed by atoms with Gasteiger partial charge in [-0.3, -0.25) is 9.69 Å². The van der Waals surface area contributed by atoms with Crippen molar-refractivity contribution in [2.75, 3.05) is 26.7 Å². The number of rotatable bonds is 9. The van der Waals surface area contributed by atoms with Gasteiger partial charge in [-0.1, -0.05) is 18.2 Å². The van der Waals surface area contributed by atoms with Gasteiger partial charge in [-0.25, -0.2) is 0 Å². The van der Waals surface area contributed by atoms with Gasteiger partial charge < -0.3 is 10.1 Å². The van der Waals surface area contributed by atoms with Gasteiger partial charge in [0.25, 0.3) is 0 Å². The van der Waals surface area contributed by atoms with Gasteiger partial charge in [0.05, 0.1) is 13.2 Å². The maximum Gasteiger partial charge on any atom is 0.220 e. The molecule has 0 saturated carbocycles. The maximum absolute atomic E-state index is 12.3. The Bertz CT molecular complexity index is 681. The van der Waals surface area contributed by atoms with Crippen molar-refractivity contribution >= 4 is 17.2 Å². The Morgan fingerprint density at radius 1 is 1.27 bits per heavy atom. The van der Waals surface area contributed by atoms with E-state index in [1.165, 1.54) is 23.3 Å². The quantitative estimate of drug-likeness (QED) is 0.722. The summed E-state index contributed by atoms with van der Waals surface area (Å²) in [6.45, 7) is 2.84. The molecule has 26 heavy (non-hydrogen) atoms. The molecular weight excluding hydrogens is 344 g/mol. The predicted octanol–water partition coefficient (Wildman–Crippen LogP) is 4.03. The standard InChI is InChI=1S/C21H28N2O2S/c1-25-18-8-4-7-17(15-18)20(23-12-2-3-13-23)16-22-21(24)11-5-9-19-10-6-14-26-19/h4,6-8,10,14-15,20H,2-3,5,9,11-13,16H2,1H3,(H,22,24). The van der Waals surface area contributed by atoms with Crippen molar-refractivity contribution in [3.63, 3.8) is 0 Å². The van der Waals surface area contributed by atoms with Crippen LogP contribution in [-0.4, -0.2) is 37.6 Å². The van der Waals surface area contributed by atoms with E-state index < -0.39 is 0 Å². The topological polar surface area (TPSA) is 41.6 Å². The summed E-state index contributed by atoms with van der Waals surface area (Å²) in [5.74, 6) is 1.02. The van der Waals surface area contributed by atoms with Gasteiger partial charge in [-0.05, 0) is 67.9 Å². The number of nitrogens with zero attached hydrogens (tertiary/aromatic N) is 1. The second-order valence-corrected chi connectivity index (χ2v) is 7.80. The van der Waals surface area contributed by atoms with Crippen LogP contribution >= 0.6 is 11.3 Å². The Morgan fingerprint density at radius 2 is 2.12 bits per heavy atom. The van der Waals surface area contributed by atoms with Crippen LogP contribution in [0.25, 0.3) is 0 Å². The van der Waals surface area contributed by atoms with Crippen LogP contribution in [0, 0.1) is 0 Å². The minimum Gasteiger partial charge on any atom is -0.497 e. The van der Waals surface area contributed by atoms with Crippen LogP contribution in [0.15, 0.2) is 41.8 Å². The molecule has 0 bridgehead atoms. The molecule has 140 valence electrons. The molecule has 1 aromatic carbocycles. The van der Waals surface area contributed by atoms with E-state index in [1.807, 2.05) is 12.1 Å². The van der Waals surface area contributed by atoms with E-state index in [1.54, 1.807) is 18.4 Å². The van der Waals surface area contributed by atoms with Crippen molar-refractivity contribution in [1.29, 1.82) is 0 Å². The lowest BCUT2D eigenvalue weighted by Gasteiger charge is -2.28. The van der Waals surface area contributed by atoms with E-state index in [2.05, 4.69) is 39.9 Å². The Balaban J connectivity index is 1.54. The lowest BCUT2D eigenvalue weighted by molar-refractivity contribution is -0.121. The molecule has 0 aliphatic carbocycles. The number of hydrogen-bond acceptors (Lipinski definition) is 4. The number of methoxy groups -OCH3 is 1. The molecule has 1 amide bonds. The highest BCUT2D eigenvalue weighted by molar-refractivity contribution is 7.09. The van der Waals surface area contributed by atoms with E-state index in [-0.39, 0.29) is 11.9 Å². The van der Waals surface area contributed by atoms with E-state index in [4.69, 9.17) is 4.74 Å². The molecule has 3 rings (SSSR count). The SMILES string of the molecule is COc1cccc(C(CNC(=O)CCCc2cccs2)N2CCCC2)c1. The minimum absolute atomic E-state index is 0.147. The molecule has 2 heterocycles. The molecule has 1 fully saturated rings. The number of hydrogen-bond donors (Lipinski definition) is 1. The van der Waals surface area contributed by atoms with Crippen molar-refractivity contribution in [1.82, 2.24) is 10.2 Å². The predicted molar refractivity (Wildman–Crippen MR) is 107 cm³/mol. The average molecular weight is 373 g/mol. The number of benzene rings is 1. The summed E-state index contributed by atoms with van der Waals surface area (Å²) < 4.78 is 5.38. The van der Waals surface area contributed by atoms with Crippen LogP contribution in [0.5, 0.6) is 5.75 Å². The number of carbonyl (C=O) groups is 1. The highest BCUT2D eigenvalue weighted by Gasteiger charge is 2.24. The van der Waals surface area contributed by atoms with E-state index >= 15 is 0 Å². The first-order valence-electron chi connectivity index (χ1n) is 9.43. The summed E-state index contributed by atoms with van der Waals surface area (Å²) in [6.07, 6.45) is 4.93. The number of thiophene rings is 1. The van der Waals surface area contributed by atoms with Crippen LogP contribution in [0.4, 0.5) is 0 Å². The van der Waals surface area contributed by atoms with Gasteiger partial charge in [-0.2, -0.15) is 0 Å². The Kier molecular flexibility index (Phi) is 7.09. The van der Waals surface area contributed by atoms with Crippen molar-refractivity contribution in [3.05, 3.63) is 52.2 Å². The van der Waals surface area contributed by atoms with Crippen LogP contribution in [0.2, 0.25) is 0 Å². The number of likely N-dealkylation sites (tertiary alicyclic amines) is 1. The van der Waals surface area contributed by atoms with Gasteiger partial charge in [0.1, 0.15) is 5.75 Å². The van der Waals surface area contributed by atoms with Crippen molar-refractivity contribution in [3.8, 4) is 5.75 Å². The molecule has 2 aromatic rings. The van der Waals surface area contributed by atoms with E-state index in [0.717, 1.165) is 31.7 Å². The molecule has 1 N–H and O–H groups in total. The molecule has 5 heteroatoms. The molecule has 1 atom stereocenters. The summed E-state index contributed by atoms with van der Waals surface area (Å²) in [4.78, 5) is 16.1. The van der Waals surface area contributed by atoms with Gasteiger partial charge in [0, 0.05) is 17.8 Å². The molecule has 0 spiro atoms. The molecular formula is C21H28N2O2S. The second-order valence-electron chi connectivity index (χ2n) is 6.77. The van der Waals surface area contributed by atoms with Gasteiger partial charge in [0.15, 0.2) is 0 Å². The monoisotopic (exact) mass is 372 g/mol. The fourth-order valence-corrected chi connectivity index (χ4v) is 4.29. The number of aryl methyl sites for hydroxylation is 1. The summed E-state index contributed by atoms with van der Waals surface area (Å²) >= 11 is 1.76. The van der Waals surface area contributed by atoms with Crippen LogP contribution in [0.1, 0.15) is 42.2 Å². The Labute approximate surface area is 160 Å². The molecule has 1 aliphatic heterocycles. The minimum atomic E-state index is 0.147. The fourth-order valence-electron chi connectivity index (χ4n) is 3.54. The zero-order chi connectivity index (χ0) is 18.2. The molecule has 1 aliphatic rings. The Hall–Kier alpha value is -1.85. The normalized spacial score (nSPS) is 15.7. The molecule has 1 aromatic heterocycles. The summed E-state index contributed by atoms with van der Waals surface area (Å²) in [7, 11) is 1.69. The van der Waals surface area contributed by atoms with Gasteiger partial charge in [-0.15, -0.1) is 11.3 Å². The first kappa shape index (κ1) is 18.9. The third-order valence-electron chi connectivity index (χ3n) is 4.96. The second kappa shape index (κ2) is 9.74. The number of nitrogens with one attached hydrogen (secondary N) is 1. The molecule has 1 unspecified atom stereocenters. The summed E-state index contributed by atoms with van der Waals surface area (Å²) in [6, 6.07) is 12.6. The Morgan fingerprint density at radius 3 is 2.85 bits per heavy atom. The molecule has 4 nitrogen and oxygen atoms in total. The fraction of sp³-hybridized carbons (Fsp3) is 0.476. The van der Waals surface area contributed by atoms with Gasteiger partial charge in [0.2, 0.25) is 5.91 Å². The number of ether oxygens (including phenoxy) is 1. The highest BCUT2D eigenvalue weighted by atomic mass is 32.1. The van der Waals surface area contributed by atoms with Crippen LogP contribution < -0.4 is 10.1 Å². The third-order valence-corrected chi connectivity index (χ3v) is 5.90. The zero-order valence-electron chi connectivity index (χ0n) is 15.4. The van der Waals surface area contributed by atoms with Gasteiger partial charge >= 0.3 is 0 Å². The number of amides is 1. The molecule has 1 saturated heterocycles. The van der Waals surface area contributed by atoms with Crippen molar-refractivity contribution in [2.45, 2.75) is 38.1 Å². The maximum atomic E-state index is 12.3. The highest BCUT2D eigenvalue weighted by Crippen LogP contribution is 2.27. The van der Waals surface area contributed by atoms with Crippen LogP contribution in [-0.2, 0) is 11.2 Å². The largest absolute Gasteiger partial charge is 0.497 e.